The molecule has 0 heterocycles. The summed E-state index contributed by atoms with van der Waals surface area (Å²) in [6.45, 7) is 4.91. The van der Waals surface area contributed by atoms with Crippen molar-refractivity contribution in [2.45, 2.75) is 45.6 Å². The van der Waals surface area contributed by atoms with Gasteiger partial charge in [-0.15, -0.1) is 0 Å². The number of carbonyl (C=O) groups excluding carboxylic acids is 1. The monoisotopic (exact) mass is 244 g/mol. The molecule has 1 N–H and O–H groups in total. The molecule has 1 rings (SSSR count). The van der Waals surface area contributed by atoms with Crippen LogP contribution in [-0.2, 0) is 11.3 Å². The van der Waals surface area contributed by atoms with Crippen LogP contribution in [0.5, 0.6) is 0 Å². The fourth-order valence-corrected chi connectivity index (χ4v) is 1.66. The lowest BCUT2D eigenvalue weighted by atomic mass is 9.98. The van der Waals surface area contributed by atoms with Crippen LogP contribution in [0, 0.1) is 11.3 Å². The predicted octanol–water partition coefficient (Wildman–Crippen LogP) is 3.12. The van der Waals surface area contributed by atoms with Crippen molar-refractivity contribution in [1.29, 1.82) is 5.26 Å². The molecule has 0 fully saturated rings. The highest BCUT2D eigenvalue weighted by molar-refractivity contribution is 5.76. The zero-order valence-electron chi connectivity index (χ0n) is 11.1. The fraction of sp³-hybridized carbons (Fsp3) is 0.467. The van der Waals surface area contributed by atoms with E-state index in [1.165, 1.54) is 5.56 Å². The van der Waals surface area contributed by atoms with Crippen molar-refractivity contribution in [3.8, 4) is 6.07 Å². The Hall–Kier alpha value is -1.82. The zero-order chi connectivity index (χ0) is 13.4. The van der Waals surface area contributed by atoms with Gasteiger partial charge in [0.05, 0.1) is 6.07 Å². The summed E-state index contributed by atoms with van der Waals surface area (Å²) in [5.41, 5.74) is 2.42. The van der Waals surface area contributed by atoms with Crippen LogP contribution in [0.15, 0.2) is 24.3 Å². The first-order valence-corrected chi connectivity index (χ1v) is 6.39. The van der Waals surface area contributed by atoms with Crippen molar-refractivity contribution >= 4 is 5.91 Å². The largest absolute Gasteiger partial charge is 0.352 e. The van der Waals surface area contributed by atoms with Gasteiger partial charge in [0.2, 0.25) is 5.91 Å². The first-order valence-electron chi connectivity index (χ1n) is 6.39. The summed E-state index contributed by atoms with van der Waals surface area (Å²) in [7, 11) is 0. The third-order valence-corrected chi connectivity index (χ3v) is 3.11. The molecule has 0 saturated carbocycles. The van der Waals surface area contributed by atoms with E-state index in [1.54, 1.807) is 0 Å². The third-order valence-electron chi connectivity index (χ3n) is 3.11. The number of nitrogens with zero attached hydrogens (tertiary/aromatic N) is 1. The molecule has 0 aliphatic heterocycles. The second-order valence-electron chi connectivity index (χ2n) is 4.49. The molecule has 0 aliphatic carbocycles. The van der Waals surface area contributed by atoms with Gasteiger partial charge in [0.1, 0.15) is 0 Å². The molecule has 0 aliphatic rings. The second kappa shape index (κ2) is 7.50. The Morgan fingerprint density at radius 1 is 1.39 bits per heavy atom. The van der Waals surface area contributed by atoms with Crippen LogP contribution in [-0.4, -0.2) is 5.91 Å². The molecule has 0 aromatic heterocycles. The summed E-state index contributed by atoms with van der Waals surface area (Å²) < 4.78 is 0. The van der Waals surface area contributed by atoms with Crippen molar-refractivity contribution in [2.24, 2.45) is 0 Å². The van der Waals surface area contributed by atoms with Gasteiger partial charge in [-0.1, -0.05) is 38.1 Å². The highest BCUT2D eigenvalue weighted by atomic mass is 16.1. The van der Waals surface area contributed by atoms with Crippen molar-refractivity contribution in [1.82, 2.24) is 5.32 Å². The average Bonchev–Trinajstić information content (AvgIpc) is 2.42. The maximum absolute atomic E-state index is 11.3. The zero-order valence-corrected chi connectivity index (χ0v) is 11.1. The first-order chi connectivity index (χ1) is 8.67. The molecule has 0 saturated heterocycles. The van der Waals surface area contributed by atoms with E-state index in [1.807, 2.05) is 18.2 Å². The van der Waals surface area contributed by atoms with Crippen LogP contribution in [0.3, 0.4) is 0 Å². The fourth-order valence-electron chi connectivity index (χ4n) is 1.66. The van der Waals surface area contributed by atoms with Gasteiger partial charge in [0.15, 0.2) is 0 Å². The number of carbonyl (C=O) groups is 1. The van der Waals surface area contributed by atoms with E-state index in [9.17, 15) is 4.79 Å². The van der Waals surface area contributed by atoms with Gasteiger partial charge in [-0.05, 0) is 23.5 Å². The van der Waals surface area contributed by atoms with Crippen molar-refractivity contribution in [3.05, 3.63) is 35.4 Å². The normalized spacial score (nSPS) is 11.6. The molecule has 96 valence electrons. The van der Waals surface area contributed by atoms with Gasteiger partial charge < -0.3 is 5.32 Å². The number of hydrogen-bond acceptors (Lipinski definition) is 2. The first kappa shape index (κ1) is 14.2. The highest BCUT2D eigenvalue weighted by Crippen LogP contribution is 2.18. The van der Waals surface area contributed by atoms with E-state index < -0.39 is 0 Å². The molecule has 3 nitrogen and oxygen atoms in total. The van der Waals surface area contributed by atoms with E-state index in [2.05, 4.69) is 31.3 Å². The lowest BCUT2D eigenvalue weighted by Gasteiger charge is -2.10. The molecule has 1 amide bonds. The molecule has 1 aromatic rings. The summed E-state index contributed by atoms with van der Waals surface area (Å²) in [6, 6.07) is 10.3. The molecular formula is C15H20N2O. The van der Waals surface area contributed by atoms with Crippen LogP contribution < -0.4 is 5.32 Å². The lowest BCUT2D eigenvalue weighted by Crippen LogP contribution is -2.22. The minimum absolute atomic E-state index is 0.0671. The third kappa shape index (κ3) is 4.58. The quantitative estimate of drug-likeness (QED) is 0.835. The molecule has 3 heteroatoms. The summed E-state index contributed by atoms with van der Waals surface area (Å²) in [6.07, 6.45) is 1.69. The number of amides is 1. The van der Waals surface area contributed by atoms with Gasteiger partial charge in [-0.2, -0.15) is 5.26 Å². The van der Waals surface area contributed by atoms with E-state index >= 15 is 0 Å². The molecular weight excluding hydrogens is 224 g/mol. The number of nitriles is 1. The van der Waals surface area contributed by atoms with E-state index in [0.717, 1.165) is 12.0 Å². The van der Waals surface area contributed by atoms with Gasteiger partial charge in [0, 0.05) is 19.4 Å². The summed E-state index contributed by atoms with van der Waals surface area (Å²) in [5.74, 6) is 0.506. The van der Waals surface area contributed by atoms with Gasteiger partial charge in [0.25, 0.3) is 0 Å². The van der Waals surface area contributed by atoms with Crippen LogP contribution in [0.1, 0.15) is 50.2 Å². The molecule has 1 atom stereocenters. The molecule has 0 radical (unpaired) electrons. The van der Waals surface area contributed by atoms with E-state index in [4.69, 9.17) is 5.26 Å². The maximum atomic E-state index is 11.3. The Kier molecular flexibility index (Phi) is 5.93. The molecule has 1 aromatic carbocycles. The number of benzene rings is 1. The maximum Gasteiger partial charge on any atom is 0.221 e. The van der Waals surface area contributed by atoms with Gasteiger partial charge in [-0.3, -0.25) is 4.79 Å². The number of hydrogen-bond donors (Lipinski definition) is 1. The van der Waals surface area contributed by atoms with Gasteiger partial charge in [-0.25, -0.2) is 0 Å². The van der Waals surface area contributed by atoms with Crippen LogP contribution in [0.25, 0.3) is 0 Å². The average molecular weight is 244 g/mol. The topological polar surface area (TPSA) is 52.9 Å². The summed E-state index contributed by atoms with van der Waals surface area (Å²) in [4.78, 5) is 11.3. The highest BCUT2D eigenvalue weighted by Gasteiger charge is 2.03. The Bertz CT molecular complexity index is 417. The molecule has 0 bridgehead atoms. The van der Waals surface area contributed by atoms with Crippen molar-refractivity contribution in [2.75, 3.05) is 0 Å². The smallest absolute Gasteiger partial charge is 0.221 e. The lowest BCUT2D eigenvalue weighted by molar-refractivity contribution is -0.121. The van der Waals surface area contributed by atoms with E-state index in [-0.39, 0.29) is 18.7 Å². The van der Waals surface area contributed by atoms with Crippen LogP contribution in [0.4, 0.5) is 0 Å². The standard InChI is InChI=1S/C15H20N2O/c1-3-12(2)14-8-6-13(7-9-14)11-17-15(18)5-4-10-16/h6-9,12H,3-5,11H2,1-2H3,(H,17,18). The van der Waals surface area contributed by atoms with Crippen LogP contribution in [0.2, 0.25) is 0 Å². The Morgan fingerprint density at radius 2 is 2.06 bits per heavy atom. The Morgan fingerprint density at radius 3 is 2.61 bits per heavy atom. The van der Waals surface area contributed by atoms with Gasteiger partial charge >= 0.3 is 0 Å². The van der Waals surface area contributed by atoms with E-state index in [0.29, 0.717) is 12.5 Å². The Labute approximate surface area is 109 Å². The Balaban J connectivity index is 2.44. The SMILES string of the molecule is CCC(C)c1ccc(CNC(=O)CCC#N)cc1. The molecule has 1 unspecified atom stereocenters. The predicted molar refractivity (Wildman–Crippen MR) is 71.8 cm³/mol. The molecule has 0 spiro atoms. The second-order valence-corrected chi connectivity index (χ2v) is 4.49. The number of nitrogens with one attached hydrogen (secondary N) is 1. The summed E-state index contributed by atoms with van der Waals surface area (Å²) in [5, 5.41) is 11.2. The summed E-state index contributed by atoms with van der Waals surface area (Å²) >= 11 is 0. The number of rotatable bonds is 6. The van der Waals surface area contributed by atoms with Crippen LogP contribution >= 0.6 is 0 Å². The molecule has 18 heavy (non-hydrogen) atoms. The minimum atomic E-state index is -0.0671. The van der Waals surface area contributed by atoms with Crippen molar-refractivity contribution < 1.29 is 4.79 Å². The minimum Gasteiger partial charge on any atom is -0.352 e. The van der Waals surface area contributed by atoms with Crippen molar-refractivity contribution in [3.63, 3.8) is 0 Å².